The number of nitrogens with zero attached hydrogens (tertiary/aromatic N) is 1. The topological polar surface area (TPSA) is 58.6 Å². The summed E-state index contributed by atoms with van der Waals surface area (Å²) in [5, 5.41) is 2.50. The lowest BCUT2D eigenvalue weighted by Crippen LogP contribution is -2.39. The fourth-order valence-corrected chi connectivity index (χ4v) is 3.52. The minimum atomic E-state index is -2.92. The van der Waals surface area contributed by atoms with Gasteiger partial charge in [-0.05, 0) is 54.8 Å². The van der Waals surface area contributed by atoms with Crippen molar-refractivity contribution < 1.29 is 23.1 Å². The molecule has 8 heteroatoms. The molecule has 142 valence electrons. The quantitative estimate of drug-likeness (QED) is 0.721. The first-order valence-electron chi connectivity index (χ1n) is 8.36. The third-order valence-electron chi connectivity index (χ3n) is 4.28. The molecule has 1 aliphatic heterocycles. The predicted octanol–water partition coefficient (Wildman–Crippen LogP) is 4.35. The lowest BCUT2D eigenvalue weighted by molar-refractivity contribution is -0.143. The van der Waals surface area contributed by atoms with Crippen LogP contribution in [0.25, 0.3) is 0 Å². The normalized spacial score (nSPS) is 16.4. The van der Waals surface area contributed by atoms with Crippen molar-refractivity contribution in [1.29, 1.82) is 0 Å². The minimum Gasteiger partial charge on any atom is -0.435 e. The number of hydrogen-bond donors (Lipinski definition) is 1. The number of halogens is 3. The van der Waals surface area contributed by atoms with Crippen LogP contribution in [0.15, 0.2) is 53.0 Å². The highest BCUT2D eigenvalue weighted by Gasteiger charge is 2.33. The van der Waals surface area contributed by atoms with Gasteiger partial charge in [0.05, 0.1) is 6.04 Å². The van der Waals surface area contributed by atoms with Crippen LogP contribution in [-0.2, 0) is 9.59 Å². The van der Waals surface area contributed by atoms with Crippen LogP contribution in [-0.4, -0.2) is 29.9 Å². The van der Waals surface area contributed by atoms with E-state index >= 15 is 0 Å². The number of benzene rings is 2. The van der Waals surface area contributed by atoms with E-state index in [-0.39, 0.29) is 11.8 Å². The van der Waals surface area contributed by atoms with Gasteiger partial charge in [-0.2, -0.15) is 8.78 Å². The Labute approximate surface area is 163 Å². The Hall–Kier alpha value is -2.48. The third kappa shape index (κ3) is 4.82. The lowest BCUT2D eigenvalue weighted by Gasteiger charge is -2.24. The van der Waals surface area contributed by atoms with Crippen LogP contribution in [0.3, 0.4) is 0 Å². The Morgan fingerprint density at radius 1 is 1.19 bits per heavy atom. The Morgan fingerprint density at radius 3 is 2.59 bits per heavy atom. The van der Waals surface area contributed by atoms with Crippen molar-refractivity contribution >= 4 is 33.4 Å². The van der Waals surface area contributed by atoms with Gasteiger partial charge in [-0.25, -0.2) is 0 Å². The molecule has 2 aromatic rings. The van der Waals surface area contributed by atoms with Gasteiger partial charge in [0.1, 0.15) is 5.75 Å². The highest BCUT2D eigenvalue weighted by Crippen LogP contribution is 2.33. The van der Waals surface area contributed by atoms with Crippen molar-refractivity contribution in [3.05, 3.63) is 58.6 Å². The fourth-order valence-electron chi connectivity index (χ4n) is 3.10. The first-order valence-corrected chi connectivity index (χ1v) is 9.15. The molecule has 5 nitrogen and oxygen atoms in total. The van der Waals surface area contributed by atoms with Crippen LogP contribution in [0.2, 0.25) is 0 Å². The second kappa shape index (κ2) is 8.47. The van der Waals surface area contributed by atoms with Gasteiger partial charge >= 0.3 is 18.4 Å². The first kappa shape index (κ1) is 19.3. The van der Waals surface area contributed by atoms with Gasteiger partial charge in [0.15, 0.2) is 0 Å². The summed E-state index contributed by atoms with van der Waals surface area (Å²) >= 11 is 3.42. The van der Waals surface area contributed by atoms with Crippen LogP contribution in [0, 0.1) is 0 Å². The second-order valence-electron chi connectivity index (χ2n) is 6.07. The van der Waals surface area contributed by atoms with E-state index in [0.29, 0.717) is 12.2 Å². The number of rotatable bonds is 4. The minimum absolute atomic E-state index is 0.0245. The number of carbonyl (C=O) groups excluding carboxylic acids is 2. The summed E-state index contributed by atoms with van der Waals surface area (Å²) in [5.74, 6) is -1.41. The molecular formula is C19H17BrF2N2O3. The Kier molecular flexibility index (Phi) is 6.05. The Morgan fingerprint density at radius 2 is 1.93 bits per heavy atom. The fraction of sp³-hybridized carbons (Fsp3) is 0.263. The summed E-state index contributed by atoms with van der Waals surface area (Å²) in [6.07, 6.45) is 1.60. The maximum absolute atomic E-state index is 12.6. The van der Waals surface area contributed by atoms with Gasteiger partial charge < -0.3 is 15.0 Å². The molecule has 0 saturated carbocycles. The zero-order chi connectivity index (χ0) is 19.4. The van der Waals surface area contributed by atoms with E-state index in [1.54, 1.807) is 4.90 Å². The zero-order valence-electron chi connectivity index (χ0n) is 14.2. The molecule has 0 unspecified atom stereocenters. The summed E-state index contributed by atoms with van der Waals surface area (Å²) < 4.78 is 29.5. The molecule has 27 heavy (non-hydrogen) atoms. The molecular weight excluding hydrogens is 422 g/mol. The van der Waals surface area contributed by atoms with Gasteiger partial charge in [0.2, 0.25) is 0 Å². The van der Waals surface area contributed by atoms with E-state index < -0.39 is 18.4 Å². The number of nitrogens with one attached hydrogen (secondary N) is 1. The molecule has 1 N–H and O–H groups in total. The summed E-state index contributed by atoms with van der Waals surface area (Å²) in [7, 11) is 0. The third-order valence-corrected chi connectivity index (χ3v) is 4.77. The maximum atomic E-state index is 12.6. The lowest BCUT2D eigenvalue weighted by atomic mass is 10.0. The van der Waals surface area contributed by atoms with Crippen LogP contribution >= 0.6 is 15.9 Å². The predicted molar refractivity (Wildman–Crippen MR) is 99.5 cm³/mol. The molecule has 2 amide bonds. The van der Waals surface area contributed by atoms with Crippen LogP contribution < -0.4 is 10.1 Å². The number of amides is 2. The summed E-state index contributed by atoms with van der Waals surface area (Å²) in [6, 6.07) is 12.9. The van der Waals surface area contributed by atoms with Crippen molar-refractivity contribution in [1.82, 2.24) is 4.90 Å². The summed E-state index contributed by atoms with van der Waals surface area (Å²) in [5.41, 5.74) is 1.30. The van der Waals surface area contributed by atoms with Crippen molar-refractivity contribution in [2.24, 2.45) is 0 Å². The molecule has 1 heterocycles. The number of ether oxygens (including phenoxy) is 1. The number of likely N-dealkylation sites (tertiary alicyclic amines) is 1. The molecule has 0 spiro atoms. The number of hydrogen-bond acceptors (Lipinski definition) is 3. The first-order chi connectivity index (χ1) is 12.9. The molecule has 1 aliphatic rings. The van der Waals surface area contributed by atoms with E-state index in [9.17, 15) is 18.4 Å². The molecule has 0 bridgehead atoms. The SMILES string of the molecule is O=C(Nc1ccc(OC(F)F)cc1)C(=O)N1CCC[C@@H]1c1cccc(Br)c1. The van der Waals surface area contributed by atoms with E-state index in [1.807, 2.05) is 24.3 Å². The molecule has 0 aliphatic carbocycles. The molecule has 1 fully saturated rings. The van der Waals surface area contributed by atoms with Gasteiger partial charge in [0.25, 0.3) is 0 Å². The monoisotopic (exact) mass is 438 g/mol. The van der Waals surface area contributed by atoms with Crippen LogP contribution in [0.5, 0.6) is 5.75 Å². The van der Waals surface area contributed by atoms with Crippen molar-refractivity contribution in [3.8, 4) is 5.75 Å². The molecule has 1 atom stereocenters. The molecule has 2 aromatic carbocycles. The summed E-state index contributed by atoms with van der Waals surface area (Å²) in [4.78, 5) is 26.5. The molecule has 0 aromatic heterocycles. The zero-order valence-corrected chi connectivity index (χ0v) is 15.8. The molecule has 3 rings (SSSR count). The average molecular weight is 439 g/mol. The van der Waals surface area contributed by atoms with Gasteiger partial charge in [0, 0.05) is 16.7 Å². The maximum Gasteiger partial charge on any atom is 0.387 e. The average Bonchev–Trinajstić information content (AvgIpc) is 3.12. The number of alkyl halides is 2. The largest absolute Gasteiger partial charge is 0.435 e. The Balaban J connectivity index is 1.66. The molecule has 0 radical (unpaired) electrons. The summed E-state index contributed by atoms with van der Waals surface area (Å²) in [6.45, 7) is -2.41. The van der Waals surface area contributed by atoms with E-state index in [4.69, 9.17) is 0 Å². The van der Waals surface area contributed by atoms with Gasteiger partial charge in [-0.15, -0.1) is 0 Å². The van der Waals surface area contributed by atoms with E-state index in [0.717, 1.165) is 22.9 Å². The van der Waals surface area contributed by atoms with E-state index in [2.05, 4.69) is 26.0 Å². The van der Waals surface area contributed by atoms with Crippen molar-refractivity contribution in [3.63, 3.8) is 0 Å². The van der Waals surface area contributed by atoms with Crippen LogP contribution in [0.1, 0.15) is 24.4 Å². The smallest absolute Gasteiger partial charge is 0.387 e. The van der Waals surface area contributed by atoms with Gasteiger partial charge in [-0.1, -0.05) is 28.1 Å². The van der Waals surface area contributed by atoms with E-state index in [1.165, 1.54) is 24.3 Å². The number of carbonyl (C=O) groups is 2. The van der Waals surface area contributed by atoms with Crippen molar-refractivity contribution in [2.45, 2.75) is 25.5 Å². The van der Waals surface area contributed by atoms with Crippen molar-refractivity contribution in [2.75, 3.05) is 11.9 Å². The second-order valence-corrected chi connectivity index (χ2v) is 6.98. The molecule has 1 saturated heterocycles. The highest BCUT2D eigenvalue weighted by atomic mass is 79.9. The van der Waals surface area contributed by atoms with Gasteiger partial charge in [-0.3, -0.25) is 9.59 Å². The van der Waals surface area contributed by atoms with Crippen LogP contribution in [0.4, 0.5) is 14.5 Å². The highest BCUT2D eigenvalue weighted by molar-refractivity contribution is 9.10. The number of anilines is 1. The standard InChI is InChI=1S/C19H17BrF2N2O3/c20-13-4-1-3-12(11-13)16-5-2-10-24(16)18(26)17(25)23-14-6-8-15(9-7-14)27-19(21)22/h1,3-4,6-9,11,16,19H,2,5,10H2,(H,23,25)/t16-/m1/s1. The Bertz CT molecular complexity index is 830.